The SMILES string of the molecule is Cc1noc(COc2ccccc2OCC(O)CN(C)C2CCCCC2)n1. The number of aliphatic hydroxyl groups is 1. The summed E-state index contributed by atoms with van der Waals surface area (Å²) >= 11 is 0. The first-order chi connectivity index (χ1) is 13.1. The summed E-state index contributed by atoms with van der Waals surface area (Å²) in [7, 11) is 2.09. The second-order valence-electron chi connectivity index (χ2n) is 7.17. The summed E-state index contributed by atoms with van der Waals surface area (Å²) in [4.78, 5) is 6.37. The molecule has 1 aliphatic carbocycles. The summed E-state index contributed by atoms with van der Waals surface area (Å²) in [5.41, 5.74) is 0. The Hall–Kier alpha value is -2.12. The molecular weight excluding hydrogens is 346 g/mol. The van der Waals surface area contributed by atoms with Crippen molar-refractivity contribution in [3.63, 3.8) is 0 Å². The van der Waals surface area contributed by atoms with Crippen LogP contribution in [0, 0.1) is 6.92 Å². The molecule has 1 N–H and O–H groups in total. The Morgan fingerprint density at radius 3 is 2.56 bits per heavy atom. The molecule has 7 nitrogen and oxygen atoms in total. The smallest absolute Gasteiger partial charge is 0.264 e. The Morgan fingerprint density at radius 1 is 1.19 bits per heavy atom. The van der Waals surface area contributed by atoms with Crippen LogP contribution in [0.2, 0.25) is 0 Å². The molecule has 1 fully saturated rings. The number of para-hydroxylation sites is 2. The van der Waals surface area contributed by atoms with Gasteiger partial charge in [0.05, 0.1) is 0 Å². The summed E-state index contributed by atoms with van der Waals surface area (Å²) in [5.74, 6) is 2.16. The molecule has 1 atom stereocenters. The number of hydrogen-bond donors (Lipinski definition) is 1. The van der Waals surface area contributed by atoms with Gasteiger partial charge in [-0.25, -0.2) is 0 Å². The minimum Gasteiger partial charge on any atom is -0.487 e. The summed E-state index contributed by atoms with van der Waals surface area (Å²) in [6.45, 7) is 2.76. The van der Waals surface area contributed by atoms with Gasteiger partial charge in [0.15, 0.2) is 23.9 Å². The van der Waals surface area contributed by atoms with Gasteiger partial charge in [-0.2, -0.15) is 4.98 Å². The highest BCUT2D eigenvalue weighted by molar-refractivity contribution is 5.39. The minimum atomic E-state index is -0.552. The van der Waals surface area contributed by atoms with E-state index < -0.39 is 6.10 Å². The number of likely N-dealkylation sites (N-methyl/N-ethyl adjacent to an activating group) is 1. The first-order valence-corrected chi connectivity index (χ1v) is 9.64. The van der Waals surface area contributed by atoms with E-state index in [1.165, 1.54) is 32.1 Å². The van der Waals surface area contributed by atoms with Gasteiger partial charge in [-0.3, -0.25) is 0 Å². The molecule has 0 amide bonds. The van der Waals surface area contributed by atoms with Gasteiger partial charge < -0.3 is 24.0 Å². The van der Waals surface area contributed by atoms with E-state index in [-0.39, 0.29) is 13.2 Å². The topological polar surface area (TPSA) is 80.9 Å². The highest BCUT2D eigenvalue weighted by atomic mass is 16.5. The maximum absolute atomic E-state index is 10.4. The Bertz CT molecular complexity index is 700. The van der Waals surface area contributed by atoms with E-state index in [1.54, 1.807) is 6.92 Å². The second kappa shape index (κ2) is 9.71. The Labute approximate surface area is 160 Å². The van der Waals surface area contributed by atoms with Gasteiger partial charge in [0, 0.05) is 12.6 Å². The molecule has 1 aromatic heterocycles. The zero-order valence-electron chi connectivity index (χ0n) is 16.1. The number of nitrogens with zero attached hydrogens (tertiary/aromatic N) is 3. The average Bonchev–Trinajstić information content (AvgIpc) is 3.11. The summed E-state index contributed by atoms with van der Waals surface area (Å²) in [5, 5.41) is 14.1. The third kappa shape index (κ3) is 5.94. The fourth-order valence-electron chi connectivity index (χ4n) is 3.47. The van der Waals surface area contributed by atoms with Crippen LogP contribution >= 0.6 is 0 Å². The van der Waals surface area contributed by atoms with Crippen molar-refractivity contribution in [2.24, 2.45) is 0 Å². The van der Waals surface area contributed by atoms with Crippen molar-refractivity contribution in [1.82, 2.24) is 15.0 Å². The molecular formula is C20H29N3O4. The van der Waals surface area contributed by atoms with Gasteiger partial charge in [0.1, 0.15) is 12.7 Å². The summed E-state index contributed by atoms with van der Waals surface area (Å²) < 4.78 is 16.6. The van der Waals surface area contributed by atoms with E-state index >= 15 is 0 Å². The van der Waals surface area contributed by atoms with E-state index in [1.807, 2.05) is 24.3 Å². The lowest BCUT2D eigenvalue weighted by Gasteiger charge is -2.32. The van der Waals surface area contributed by atoms with Crippen molar-refractivity contribution in [2.45, 2.75) is 57.8 Å². The van der Waals surface area contributed by atoms with Crippen LogP contribution in [-0.4, -0.2) is 52.5 Å². The zero-order valence-corrected chi connectivity index (χ0v) is 16.1. The molecule has 1 saturated carbocycles. The van der Waals surface area contributed by atoms with E-state index in [4.69, 9.17) is 14.0 Å². The van der Waals surface area contributed by atoms with Crippen molar-refractivity contribution in [2.75, 3.05) is 20.2 Å². The molecule has 148 valence electrons. The lowest BCUT2D eigenvalue weighted by molar-refractivity contribution is 0.0549. The molecule has 1 heterocycles. The van der Waals surface area contributed by atoms with Crippen molar-refractivity contribution in [3.05, 3.63) is 36.0 Å². The molecule has 1 aliphatic rings. The molecule has 0 spiro atoms. The number of aliphatic hydroxyl groups excluding tert-OH is 1. The highest BCUT2D eigenvalue weighted by Crippen LogP contribution is 2.27. The minimum absolute atomic E-state index is 0.175. The van der Waals surface area contributed by atoms with Crippen LogP contribution in [0.4, 0.5) is 0 Å². The van der Waals surface area contributed by atoms with E-state index in [2.05, 4.69) is 22.1 Å². The maximum atomic E-state index is 10.4. The van der Waals surface area contributed by atoms with Crippen LogP contribution in [0.5, 0.6) is 11.5 Å². The van der Waals surface area contributed by atoms with Crippen molar-refractivity contribution < 1.29 is 19.1 Å². The Balaban J connectivity index is 1.48. The molecule has 0 radical (unpaired) electrons. The fourth-order valence-corrected chi connectivity index (χ4v) is 3.47. The van der Waals surface area contributed by atoms with Crippen LogP contribution in [0.25, 0.3) is 0 Å². The molecule has 0 aliphatic heterocycles. The lowest BCUT2D eigenvalue weighted by Crippen LogP contribution is -2.40. The van der Waals surface area contributed by atoms with Crippen molar-refractivity contribution >= 4 is 0 Å². The molecule has 1 aromatic carbocycles. The average molecular weight is 375 g/mol. The molecule has 3 rings (SSSR count). The van der Waals surface area contributed by atoms with Crippen LogP contribution < -0.4 is 9.47 Å². The number of benzene rings is 1. The van der Waals surface area contributed by atoms with E-state index in [9.17, 15) is 5.11 Å². The number of aromatic nitrogens is 2. The van der Waals surface area contributed by atoms with Gasteiger partial charge in [-0.05, 0) is 38.9 Å². The van der Waals surface area contributed by atoms with Crippen LogP contribution in [0.1, 0.15) is 43.8 Å². The predicted octanol–water partition coefficient (Wildman–Crippen LogP) is 2.96. The standard InChI is InChI=1S/C20H29N3O4/c1-15-21-20(27-22-15)14-26-19-11-7-6-10-18(19)25-13-17(24)12-23(2)16-8-4-3-5-9-16/h6-7,10-11,16-17,24H,3-5,8-9,12-14H2,1-2H3. The van der Waals surface area contributed by atoms with Gasteiger partial charge in [-0.1, -0.05) is 36.6 Å². The zero-order chi connectivity index (χ0) is 19.1. The van der Waals surface area contributed by atoms with Crippen LogP contribution in [0.15, 0.2) is 28.8 Å². The molecule has 1 unspecified atom stereocenters. The lowest BCUT2D eigenvalue weighted by atomic mass is 9.94. The predicted molar refractivity (Wildman–Crippen MR) is 101 cm³/mol. The summed E-state index contributed by atoms with van der Waals surface area (Å²) in [6.07, 6.45) is 5.78. The molecule has 27 heavy (non-hydrogen) atoms. The second-order valence-corrected chi connectivity index (χ2v) is 7.17. The normalized spacial score (nSPS) is 16.4. The highest BCUT2D eigenvalue weighted by Gasteiger charge is 2.20. The van der Waals surface area contributed by atoms with Crippen LogP contribution in [0.3, 0.4) is 0 Å². The van der Waals surface area contributed by atoms with Crippen molar-refractivity contribution in [3.8, 4) is 11.5 Å². The molecule has 0 bridgehead atoms. The molecule has 2 aromatic rings. The monoisotopic (exact) mass is 375 g/mol. The Morgan fingerprint density at radius 2 is 1.89 bits per heavy atom. The quantitative estimate of drug-likeness (QED) is 0.721. The number of aryl methyl sites for hydroxylation is 1. The van der Waals surface area contributed by atoms with Crippen molar-refractivity contribution in [1.29, 1.82) is 0 Å². The largest absolute Gasteiger partial charge is 0.487 e. The third-order valence-corrected chi connectivity index (χ3v) is 4.90. The third-order valence-electron chi connectivity index (χ3n) is 4.90. The van der Waals surface area contributed by atoms with Gasteiger partial charge in [0.2, 0.25) is 0 Å². The Kier molecular flexibility index (Phi) is 7.06. The maximum Gasteiger partial charge on any atom is 0.264 e. The van der Waals surface area contributed by atoms with Crippen LogP contribution in [-0.2, 0) is 6.61 Å². The van der Waals surface area contributed by atoms with Gasteiger partial charge in [0.25, 0.3) is 5.89 Å². The number of hydrogen-bond acceptors (Lipinski definition) is 7. The van der Waals surface area contributed by atoms with E-state index in [0.29, 0.717) is 35.8 Å². The molecule has 7 heteroatoms. The molecule has 0 saturated heterocycles. The number of rotatable bonds is 9. The fraction of sp³-hybridized carbons (Fsp3) is 0.600. The van der Waals surface area contributed by atoms with Gasteiger partial charge in [-0.15, -0.1) is 0 Å². The first-order valence-electron chi connectivity index (χ1n) is 9.64. The first kappa shape index (κ1) is 19.6. The number of ether oxygens (including phenoxy) is 2. The van der Waals surface area contributed by atoms with Gasteiger partial charge >= 0.3 is 0 Å². The summed E-state index contributed by atoms with van der Waals surface area (Å²) in [6, 6.07) is 7.96. The van der Waals surface area contributed by atoms with E-state index in [0.717, 1.165) is 0 Å².